The molecule has 3 aromatic heterocycles. The van der Waals surface area contributed by atoms with Crippen LogP contribution in [0.5, 0.6) is 0 Å². The molecule has 2 aliphatic rings. The summed E-state index contributed by atoms with van der Waals surface area (Å²) < 4.78 is 0. The van der Waals surface area contributed by atoms with Crippen LogP contribution in [0.3, 0.4) is 0 Å². The van der Waals surface area contributed by atoms with Crippen LogP contribution in [0.15, 0.2) is 24.3 Å². The van der Waals surface area contributed by atoms with Gasteiger partial charge in [-0.2, -0.15) is 0 Å². The number of aromatic amines is 2. The standard InChI is InChI=1S/C40H54N4.Pd/c1-9-25(10-2)37-29-17-19-31(41-29)38(26(11-3)12-4)33-21-23-35(43-33)40(28(15-7)16-8)36-24-22-34(44-36)39(27(13-5)14-6)32-20-18-30(37)42-32;/h17-28,41-42H,9-16H2,1-8H3;. The fourth-order valence-corrected chi connectivity index (χ4v) is 7.80. The minimum atomic E-state index is 0. The fraction of sp³-hybridized carbons (Fsp3) is 0.500. The summed E-state index contributed by atoms with van der Waals surface area (Å²) >= 11 is 0. The molecule has 0 spiro atoms. The Kier molecular flexibility index (Phi) is 12.3. The van der Waals surface area contributed by atoms with Crippen molar-refractivity contribution >= 4 is 46.4 Å². The SMILES string of the molecule is CCC(CC)c1c2nc(c(C(CC)CC)c3ccc([nH]3)c(C(CC)CC)c3ccc([nH]3)c(C(CC)CC)c3nc1C=C3)C=C2.[Pd]. The third kappa shape index (κ3) is 6.72. The van der Waals surface area contributed by atoms with Crippen LogP contribution in [0.4, 0.5) is 0 Å². The van der Waals surface area contributed by atoms with Crippen molar-refractivity contribution in [2.45, 2.75) is 130 Å². The molecular weight excluding hydrogens is 643 g/mol. The van der Waals surface area contributed by atoms with Crippen LogP contribution in [0, 0.1) is 0 Å². The first kappa shape index (κ1) is 35.1. The van der Waals surface area contributed by atoms with Gasteiger partial charge in [0.2, 0.25) is 0 Å². The van der Waals surface area contributed by atoms with Gasteiger partial charge in [0.1, 0.15) is 0 Å². The Labute approximate surface area is 285 Å². The van der Waals surface area contributed by atoms with Crippen molar-refractivity contribution in [2.24, 2.45) is 0 Å². The van der Waals surface area contributed by atoms with E-state index in [1.807, 2.05) is 0 Å². The Bertz CT molecular complexity index is 1560. The second-order valence-electron chi connectivity index (χ2n) is 12.7. The number of rotatable bonds is 12. The molecular formula is C40H54N4Pd. The Balaban J connectivity index is 0.00000461. The Morgan fingerprint density at radius 3 is 0.956 bits per heavy atom. The summed E-state index contributed by atoms with van der Waals surface area (Å²) in [5.41, 5.74) is 14.5. The molecule has 8 bridgehead atoms. The Morgan fingerprint density at radius 2 is 0.644 bits per heavy atom. The molecule has 4 nitrogen and oxygen atoms in total. The zero-order valence-corrected chi connectivity index (χ0v) is 30.4. The average molecular weight is 697 g/mol. The maximum Gasteiger partial charge on any atom is 0.0694 e. The minimum Gasteiger partial charge on any atom is -0.355 e. The molecule has 0 unspecified atom stereocenters. The summed E-state index contributed by atoms with van der Waals surface area (Å²) in [7, 11) is 0. The monoisotopic (exact) mass is 696 g/mol. The largest absolute Gasteiger partial charge is 0.355 e. The Hall–Kier alpha value is -2.74. The van der Waals surface area contributed by atoms with Gasteiger partial charge in [0.15, 0.2) is 0 Å². The summed E-state index contributed by atoms with van der Waals surface area (Å²) in [5, 5.41) is 0. The molecule has 0 aromatic carbocycles. The summed E-state index contributed by atoms with van der Waals surface area (Å²) in [6, 6.07) is 9.23. The summed E-state index contributed by atoms with van der Waals surface area (Å²) in [4.78, 5) is 18.8. The van der Waals surface area contributed by atoms with Gasteiger partial charge in [-0.15, -0.1) is 0 Å². The molecule has 244 valence electrons. The second-order valence-corrected chi connectivity index (χ2v) is 12.7. The van der Waals surface area contributed by atoms with Crippen LogP contribution in [-0.4, -0.2) is 19.9 Å². The molecule has 0 atom stereocenters. The van der Waals surface area contributed by atoms with Gasteiger partial charge in [0.05, 0.1) is 22.8 Å². The number of fused-ring (bicyclic) bond motifs is 8. The predicted molar refractivity (Wildman–Crippen MR) is 192 cm³/mol. The molecule has 5 heteroatoms. The van der Waals surface area contributed by atoms with Gasteiger partial charge in [0.25, 0.3) is 0 Å². The third-order valence-electron chi connectivity index (χ3n) is 10.5. The Morgan fingerprint density at radius 1 is 0.400 bits per heavy atom. The fourth-order valence-electron chi connectivity index (χ4n) is 7.80. The molecule has 2 N–H and O–H groups in total. The maximum atomic E-state index is 5.43. The molecule has 0 radical (unpaired) electrons. The third-order valence-corrected chi connectivity index (χ3v) is 10.5. The molecule has 3 aromatic rings. The van der Waals surface area contributed by atoms with Gasteiger partial charge >= 0.3 is 0 Å². The number of nitrogens with one attached hydrogen (secondary N) is 2. The van der Waals surface area contributed by atoms with Crippen LogP contribution in [0.2, 0.25) is 0 Å². The summed E-state index contributed by atoms with van der Waals surface area (Å²) in [5.74, 6) is 1.70. The van der Waals surface area contributed by atoms with E-state index in [0.717, 1.165) is 74.1 Å². The van der Waals surface area contributed by atoms with E-state index in [-0.39, 0.29) is 20.4 Å². The molecule has 2 aliphatic heterocycles. The first-order valence-corrected chi connectivity index (χ1v) is 17.6. The average Bonchev–Trinajstić information content (AvgIpc) is 3.88. The van der Waals surface area contributed by atoms with E-state index in [4.69, 9.17) is 9.97 Å². The number of hydrogen-bond donors (Lipinski definition) is 2. The molecule has 45 heavy (non-hydrogen) atoms. The number of H-pyrrole nitrogens is 2. The van der Waals surface area contributed by atoms with Crippen LogP contribution >= 0.6 is 0 Å². The van der Waals surface area contributed by atoms with Crippen LogP contribution in [0.1, 0.15) is 175 Å². The zero-order valence-electron chi connectivity index (χ0n) is 28.8. The molecule has 0 saturated heterocycles. The number of nitrogens with zero attached hydrogens (tertiary/aromatic N) is 2. The van der Waals surface area contributed by atoms with Crippen LogP contribution in [-0.2, 0) is 20.4 Å². The molecule has 5 rings (SSSR count). The van der Waals surface area contributed by atoms with Gasteiger partial charge in [-0.1, -0.05) is 55.4 Å². The van der Waals surface area contributed by atoms with Crippen molar-refractivity contribution in [1.29, 1.82) is 0 Å². The van der Waals surface area contributed by atoms with Gasteiger partial charge in [-0.3, -0.25) is 0 Å². The van der Waals surface area contributed by atoms with E-state index >= 15 is 0 Å². The van der Waals surface area contributed by atoms with E-state index in [1.54, 1.807) is 0 Å². The summed E-state index contributed by atoms with van der Waals surface area (Å²) in [6.45, 7) is 18.5. The predicted octanol–water partition coefficient (Wildman–Crippen LogP) is 12.3. The van der Waals surface area contributed by atoms with Gasteiger partial charge in [-0.25, -0.2) is 9.97 Å². The van der Waals surface area contributed by atoms with Crippen molar-refractivity contribution in [3.63, 3.8) is 0 Å². The van der Waals surface area contributed by atoms with E-state index < -0.39 is 0 Å². The molecule has 5 heterocycles. The van der Waals surface area contributed by atoms with Crippen molar-refractivity contribution in [2.75, 3.05) is 0 Å². The smallest absolute Gasteiger partial charge is 0.0694 e. The van der Waals surface area contributed by atoms with E-state index in [9.17, 15) is 0 Å². The van der Waals surface area contributed by atoms with E-state index in [0.29, 0.717) is 23.7 Å². The number of hydrogen-bond acceptors (Lipinski definition) is 2. The van der Waals surface area contributed by atoms with Crippen LogP contribution < -0.4 is 0 Å². The summed E-state index contributed by atoms with van der Waals surface area (Å²) in [6.07, 6.45) is 17.7. The normalized spacial score (nSPS) is 12.7. The minimum absolute atomic E-state index is 0. The van der Waals surface area contributed by atoms with Crippen molar-refractivity contribution in [1.82, 2.24) is 19.9 Å². The number of aromatic nitrogens is 4. The molecule has 0 fully saturated rings. The maximum absolute atomic E-state index is 5.43. The second kappa shape index (κ2) is 15.7. The first-order valence-electron chi connectivity index (χ1n) is 17.6. The quantitative estimate of drug-likeness (QED) is 0.128. The first-order chi connectivity index (χ1) is 21.5. The van der Waals surface area contributed by atoms with Gasteiger partial charge < -0.3 is 9.97 Å². The van der Waals surface area contributed by atoms with Crippen molar-refractivity contribution in [3.05, 3.63) is 69.3 Å². The molecule has 0 amide bonds. The van der Waals surface area contributed by atoms with Crippen molar-refractivity contribution < 1.29 is 20.4 Å². The van der Waals surface area contributed by atoms with E-state index in [2.05, 4.69) is 114 Å². The van der Waals surface area contributed by atoms with Crippen molar-refractivity contribution in [3.8, 4) is 0 Å². The van der Waals surface area contributed by atoms with E-state index in [1.165, 1.54) is 44.3 Å². The topological polar surface area (TPSA) is 57.4 Å². The molecule has 0 saturated carbocycles. The van der Waals surface area contributed by atoms with Crippen LogP contribution in [0.25, 0.3) is 46.4 Å². The molecule has 0 aliphatic carbocycles. The van der Waals surface area contributed by atoms with Gasteiger partial charge in [-0.05, 0) is 124 Å². The zero-order chi connectivity index (χ0) is 31.4. The van der Waals surface area contributed by atoms with Gasteiger partial charge in [0, 0.05) is 64.7 Å².